The molecule has 2 rings (SSSR count). The van der Waals surface area contributed by atoms with Gasteiger partial charge in [-0.15, -0.1) is 11.8 Å². The number of halogens is 1. The van der Waals surface area contributed by atoms with Crippen LogP contribution in [0.2, 0.25) is 0 Å². The molecule has 0 unspecified atom stereocenters. The van der Waals surface area contributed by atoms with Crippen LogP contribution in [0.25, 0.3) is 0 Å². The SMILES string of the molecule is CC(C)(C)c1cc(=S)nc(CSc2cccc(F)c2)[nH]1. The van der Waals surface area contributed by atoms with Gasteiger partial charge in [-0.2, -0.15) is 0 Å². The normalized spacial score (nSPS) is 11.6. The molecule has 0 radical (unpaired) electrons. The second-order valence-corrected chi connectivity index (χ2v) is 7.04. The molecule has 0 spiro atoms. The highest BCUT2D eigenvalue weighted by Crippen LogP contribution is 2.24. The quantitative estimate of drug-likeness (QED) is 0.648. The van der Waals surface area contributed by atoms with Crippen molar-refractivity contribution in [1.82, 2.24) is 9.97 Å². The lowest BCUT2D eigenvalue weighted by Crippen LogP contribution is -2.15. The zero-order chi connectivity index (χ0) is 14.8. The molecule has 0 amide bonds. The number of nitrogens with one attached hydrogen (secondary N) is 1. The number of rotatable bonds is 3. The molecule has 0 saturated heterocycles. The Morgan fingerprint density at radius 2 is 2.05 bits per heavy atom. The monoisotopic (exact) mass is 308 g/mol. The number of aromatic nitrogens is 2. The van der Waals surface area contributed by atoms with E-state index in [1.165, 1.54) is 23.9 Å². The van der Waals surface area contributed by atoms with Gasteiger partial charge < -0.3 is 4.98 Å². The van der Waals surface area contributed by atoms with Gasteiger partial charge in [0.15, 0.2) is 0 Å². The van der Waals surface area contributed by atoms with Crippen molar-refractivity contribution in [3.05, 3.63) is 52.3 Å². The first-order valence-corrected chi connectivity index (χ1v) is 7.73. The molecule has 0 fully saturated rings. The number of aromatic amines is 1. The minimum absolute atomic E-state index is 0.00519. The van der Waals surface area contributed by atoms with E-state index in [4.69, 9.17) is 12.2 Å². The van der Waals surface area contributed by atoms with Gasteiger partial charge in [-0.3, -0.25) is 0 Å². The van der Waals surface area contributed by atoms with Crippen molar-refractivity contribution >= 4 is 24.0 Å². The van der Waals surface area contributed by atoms with E-state index in [0.29, 0.717) is 10.4 Å². The van der Waals surface area contributed by atoms with Crippen LogP contribution in [0.3, 0.4) is 0 Å². The van der Waals surface area contributed by atoms with Gasteiger partial charge in [-0.25, -0.2) is 9.37 Å². The summed E-state index contributed by atoms with van der Waals surface area (Å²) in [5, 5.41) is 0. The predicted octanol–water partition coefficient (Wildman–Crippen LogP) is 4.87. The lowest BCUT2D eigenvalue weighted by Gasteiger charge is -2.19. The number of benzene rings is 1. The third kappa shape index (κ3) is 4.15. The average molecular weight is 308 g/mol. The van der Waals surface area contributed by atoms with Crippen molar-refractivity contribution < 1.29 is 4.39 Å². The minimum Gasteiger partial charge on any atom is -0.346 e. The Morgan fingerprint density at radius 1 is 1.30 bits per heavy atom. The fourth-order valence-corrected chi connectivity index (χ4v) is 2.73. The summed E-state index contributed by atoms with van der Waals surface area (Å²) in [6.45, 7) is 6.37. The van der Waals surface area contributed by atoms with E-state index >= 15 is 0 Å². The smallest absolute Gasteiger partial charge is 0.130 e. The Bertz CT molecular complexity index is 659. The topological polar surface area (TPSA) is 28.7 Å². The Kier molecular flexibility index (Phi) is 4.60. The fraction of sp³-hybridized carbons (Fsp3) is 0.333. The van der Waals surface area contributed by atoms with E-state index in [-0.39, 0.29) is 11.2 Å². The molecule has 0 aliphatic heterocycles. The molecule has 106 valence electrons. The lowest BCUT2D eigenvalue weighted by atomic mass is 9.92. The van der Waals surface area contributed by atoms with Crippen LogP contribution in [0.5, 0.6) is 0 Å². The van der Waals surface area contributed by atoms with Crippen molar-refractivity contribution in [3.63, 3.8) is 0 Å². The average Bonchev–Trinajstić information content (AvgIpc) is 2.35. The number of hydrogen-bond donors (Lipinski definition) is 1. The lowest BCUT2D eigenvalue weighted by molar-refractivity contribution is 0.563. The first kappa shape index (κ1) is 15.2. The van der Waals surface area contributed by atoms with Gasteiger partial charge in [0.05, 0.1) is 5.75 Å². The van der Waals surface area contributed by atoms with Gasteiger partial charge in [0.1, 0.15) is 16.3 Å². The summed E-state index contributed by atoms with van der Waals surface area (Å²) in [4.78, 5) is 8.53. The van der Waals surface area contributed by atoms with E-state index < -0.39 is 0 Å². The van der Waals surface area contributed by atoms with Crippen LogP contribution < -0.4 is 0 Å². The third-order valence-corrected chi connectivity index (χ3v) is 3.99. The van der Waals surface area contributed by atoms with Gasteiger partial charge in [-0.05, 0) is 24.3 Å². The van der Waals surface area contributed by atoms with Gasteiger partial charge in [0.25, 0.3) is 0 Å². The molecule has 0 atom stereocenters. The Balaban J connectivity index is 2.18. The first-order valence-electron chi connectivity index (χ1n) is 6.34. The molecule has 0 bridgehead atoms. The molecular formula is C15H17FN2S2. The van der Waals surface area contributed by atoms with Crippen LogP contribution in [0.4, 0.5) is 4.39 Å². The molecule has 1 N–H and O–H groups in total. The van der Waals surface area contributed by atoms with E-state index in [0.717, 1.165) is 16.4 Å². The summed E-state index contributed by atoms with van der Waals surface area (Å²) >= 11 is 6.74. The number of thioether (sulfide) groups is 1. The molecular weight excluding hydrogens is 291 g/mol. The Hall–Kier alpha value is -1.20. The summed E-state index contributed by atoms with van der Waals surface area (Å²) in [7, 11) is 0. The molecule has 1 heterocycles. The Morgan fingerprint density at radius 3 is 2.70 bits per heavy atom. The zero-order valence-corrected chi connectivity index (χ0v) is 13.4. The maximum Gasteiger partial charge on any atom is 0.130 e. The van der Waals surface area contributed by atoms with Gasteiger partial charge in [0, 0.05) is 16.0 Å². The molecule has 0 aliphatic rings. The Labute approximate surface area is 127 Å². The van der Waals surface area contributed by atoms with Crippen molar-refractivity contribution in [3.8, 4) is 0 Å². The van der Waals surface area contributed by atoms with Crippen LogP contribution >= 0.6 is 24.0 Å². The maximum atomic E-state index is 13.1. The highest BCUT2D eigenvalue weighted by atomic mass is 32.2. The fourth-order valence-electron chi connectivity index (χ4n) is 1.69. The standard InChI is InChI=1S/C15H17FN2S2/c1-15(2,3)12-8-14(19)18-13(17-12)9-20-11-6-4-5-10(16)7-11/h4-8H,9H2,1-3H3,(H,17,18,19). The third-order valence-electron chi connectivity index (χ3n) is 2.77. The van der Waals surface area contributed by atoms with E-state index in [1.54, 1.807) is 6.07 Å². The molecule has 2 nitrogen and oxygen atoms in total. The second-order valence-electron chi connectivity index (χ2n) is 5.58. The molecule has 5 heteroatoms. The summed E-state index contributed by atoms with van der Waals surface area (Å²) in [6.07, 6.45) is 0. The maximum absolute atomic E-state index is 13.1. The number of nitrogens with zero attached hydrogens (tertiary/aromatic N) is 1. The summed E-state index contributed by atoms with van der Waals surface area (Å²) in [5.41, 5.74) is 1.06. The van der Waals surface area contributed by atoms with Crippen molar-refractivity contribution in [2.45, 2.75) is 36.8 Å². The largest absolute Gasteiger partial charge is 0.346 e. The van der Waals surface area contributed by atoms with Crippen LogP contribution in [-0.2, 0) is 11.2 Å². The van der Waals surface area contributed by atoms with Crippen LogP contribution in [0, 0.1) is 10.5 Å². The van der Waals surface area contributed by atoms with E-state index in [1.807, 2.05) is 12.1 Å². The zero-order valence-electron chi connectivity index (χ0n) is 11.7. The van der Waals surface area contributed by atoms with E-state index in [2.05, 4.69) is 30.7 Å². The second kappa shape index (κ2) is 6.06. The van der Waals surface area contributed by atoms with Gasteiger partial charge in [-0.1, -0.05) is 39.1 Å². The minimum atomic E-state index is -0.223. The summed E-state index contributed by atoms with van der Waals surface area (Å²) < 4.78 is 13.7. The van der Waals surface area contributed by atoms with Crippen LogP contribution in [-0.4, -0.2) is 9.97 Å². The van der Waals surface area contributed by atoms with Gasteiger partial charge in [0.2, 0.25) is 0 Å². The van der Waals surface area contributed by atoms with Crippen LogP contribution in [0.1, 0.15) is 32.3 Å². The van der Waals surface area contributed by atoms with Crippen LogP contribution in [0.15, 0.2) is 35.2 Å². The predicted molar refractivity (Wildman–Crippen MR) is 84.1 cm³/mol. The van der Waals surface area contributed by atoms with E-state index in [9.17, 15) is 4.39 Å². The highest BCUT2D eigenvalue weighted by molar-refractivity contribution is 7.98. The summed E-state index contributed by atoms with van der Waals surface area (Å²) in [6, 6.07) is 8.45. The first-order chi connectivity index (χ1) is 9.34. The summed E-state index contributed by atoms with van der Waals surface area (Å²) in [5.74, 6) is 1.23. The molecule has 1 aromatic carbocycles. The molecule has 20 heavy (non-hydrogen) atoms. The molecule has 2 aromatic rings. The van der Waals surface area contributed by atoms with Crippen molar-refractivity contribution in [2.75, 3.05) is 0 Å². The number of H-pyrrole nitrogens is 1. The van der Waals surface area contributed by atoms with Gasteiger partial charge >= 0.3 is 0 Å². The van der Waals surface area contributed by atoms with Crippen molar-refractivity contribution in [2.24, 2.45) is 0 Å². The molecule has 0 saturated carbocycles. The highest BCUT2D eigenvalue weighted by Gasteiger charge is 2.15. The molecule has 0 aliphatic carbocycles. The molecule has 1 aromatic heterocycles. The van der Waals surface area contributed by atoms with Crippen molar-refractivity contribution in [1.29, 1.82) is 0 Å². The number of hydrogen-bond acceptors (Lipinski definition) is 3.